The number of carbonyl (C=O) groups is 1. The molecule has 1 amide bonds. The Kier molecular flexibility index (Phi) is 4.23. The smallest absolute Gasteiger partial charge is 0.250 e. The fraction of sp³-hybridized carbons (Fsp3) is 0.333. The third-order valence-electron chi connectivity index (χ3n) is 3.05. The molecule has 0 unspecified atom stereocenters. The normalized spacial score (nSPS) is 11.4. The Morgan fingerprint density at radius 1 is 1.43 bits per heavy atom. The number of amides is 1. The Morgan fingerprint density at radius 2 is 2.14 bits per heavy atom. The largest absolute Gasteiger partial charge is 0.381 e. The first-order chi connectivity index (χ1) is 9.77. The molecule has 0 aliphatic heterocycles. The van der Waals surface area contributed by atoms with Crippen LogP contribution in [0.25, 0.3) is 0 Å². The topological polar surface area (TPSA) is 72.9 Å². The maximum atomic E-state index is 11.3. The van der Waals surface area contributed by atoms with Gasteiger partial charge in [0.05, 0.1) is 22.3 Å². The Morgan fingerprint density at radius 3 is 2.71 bits per heavy atom. The van der Waals surface area contributed by atoms with Crippen LogP contribution in [0.1, 0.15) is 36.7 Å². The molecule has 1 aromatic heterocycles. The molecule has 0 saturated heterocycles. The zero-order valence-electron chi connectivity index (χ0n) is 12.4. The van der Waals surface area contributed by atoms with Crippen molar-refractivity contribution in [3.63, 3.8) is 0 Å². The Hall–Kier alpha value is -2.01. The van der Waals surface area contributed by atoms with E-state index < -0.39 is 5.91 Å². The van der Waals surface area contributed by atoms with E-state index in [-0.39, 0.29) is 5.54 Å². The number of rotatable bonds is 4. The summed E-state index contributed by atoms with van der Waals surface area (Å²) in [6, 6.07) is 5.12. The van der Waals surface area contributed by atoms with Crippen molar-refractivity contribution < 1.29 is 4.79 Å². The second-order valence-corrected chi connectivity index (χ2v) is 6.28. The fourth-order valence-electron chi connectivity index (χ4n) is 1.85. The van der Waals surface area contributed by atoms with Gasteiger partial charge in [-0.25, -0.2) is 0 Å². The van der Waals surface area contributed by atoms with E-state index in [0.29, 0.717) is 17.1 Å². The van der Waals surface area contributed by atoms with Gasteiger partial charge in [-0.1, -0.05) is 11.6 Å². The van der Waals surface area contributed by atoms with Gasteiger partial charge in [-0.2, -0.15) is 5.10 Å². The number of halogens is 1. The first-order valence-electron chi connectivity index (χ1n) is 6.64. The van der Waals surface area contributed by atoms with E-state index in [9.17, 15) is 4.79 Å². The number of anilines is 1. The number of benzene rings is 1. The molecule has 1 aromatic carbocycles. The molecule has 0 aliphatic rings. The second kappa shape index (κ2) is 5.77. The molecule has 0 atom stereocenters. The standard InChI is InChI=1S/C15H19ClN4O/c1-15(2,3)20-9-10(8-19-20)7-18-11-4-5-13(16)12(6-11)14(17)21/h4-6,8-9,18H,7H2,1-3H3,(H2,17,21). The molecule has 6 heteroatoms. The van der Waals surface area contributed by atoms with Gasteiger partial charge in [-0.15, -0.1) is 0 Å². The van der Waals surface area contributed by atoms with Crippen LogP contribution in [0.5, 0.6) is 0 Å². The van der Waals surface area contributed by atoms with Crippen molar-refractivity contribution in [3.05, 3.63) is 46.7 Å². The molecule has 1 heterocycles. The van der Waals surface area contributed by atoms with Crippen molar-refractivity contribution in [2.45, 2.75) is 32.9 Å². The first kappa shape index (κ1) is 15.4. The molecule has 0 aliphatic carbocycles. The van der Waals surface area contributed by atoms with Crippen LogP contribution in [0.3, 0.4) is 0 Å². The van der Waals surface area contributed by atoms with Crippen LogP contribution < -0.4 is 11.1 Å². The Balaban J connectivity index is 2.08. The van der Waals surface area contributed by atoms with Crippen molar-refractivity contribution in [2.75, 3.05) is 5.32 Å². The van der Waals surface area contributed by atoms with Gasteiger partial charge >= 0.3 is 0 Å². The van der Waals surface area contributed by atoms with E-state index in [1.165, 1.54) is 0 Å². The highest BCUT2D eigenvalue weighted by atomic mass is 35.5. The van der Waals surface area contributed by atoms with Gasteiger partial charge in [0.2, 0.25) is 5.91 Å². The van der Waals surface area contributed by atoms with Gasteiger partial charge in [-0.05, 0) is 39.0 Å². The number of nitrogens with zero attached hydrogens (tertiary/aromatic N) is 2. The zero-order chi connectivity index (χ0) is 15.6. The lowest BCUT2D eigenvalue weighted by Gasteiger charge is -2.18. The Bertz CT molecular complexity index is 658. The highest BCUT2D eigenvalue weighted by Crippen LogP contribution is 2.21. The van der Waals surface area contributed by atoms with Crippen molar-refractivity contribution in [3.8, 4) is 0 Å². The van der Waals surface area contributed by atoms with E-state index >= 15 is 0 Å². The van der Waals surface area contributed by atoms with Crippen LogP contribution in [0, 0.1) is 0 Å². The van der Waals surface area contributed by atoms with Gasteiger partial charge in [0.1, 0.15) is 0 Å². The van der Waals surface area contributed by atoms with Gasteiger partial charge in [-0.3, -0.25) is 9.48 Å². The van der Waals surface area contributed by atoms with Gasteiger partial charge in [0.25, 0.3) is 0 Å². The molecule has 2 rings (SSSR count). The summed E-state index contributed by atoms with van der Waals surface area (Å²) < 4.78 is 1.92. The van der Waals surface area contributed by atoms with Crippen molar-refractivity contribution >= 4 is 23.2 Å². The molecule has 0 spiro atoms. The van der Waals surface area contributed by atoms with Crippen LogP contribution in [0.4, 0.5) is 5.69 Å². The number of hydrogen-bond acceptors (Lipinski definition) is 3. The molecule has 3 N–H and O–H groups in total. The molecule has 5 nitrogen and oxygen atoms in total. The average Bonchev–Trinajstić information content (AvgIpc) is 2.86. The first-order valence-corrected chi connectivity index (χ1v) is 7.02. The average molecular weight is 307 g/mol. The van der Waals surface area contributed by atoms with Crippen molar-refractivity contribution in [1.29, 1.82) is 0 Å². The maximum Gasteiger partial charge on any atom is 0.250 e. The highest BCUT2D eigenvalue weighted by Gasteiger charge is 2.14. The van der Waals surface area contributed by atoms with E-state index in [0.717, 1.165) is 11.3 Å². The lowest BCUT2D eigenvalue weighted by molar-refractivity contribution is 0.100. The monoisotopic (exact) mass is 306 g/mol. The number of nitrogens with one attached hydrogen (secondary N) is 1. The number of aromatic nitrogens is 2. The quantitative estimate of drug-likeness (QED) is 0.912. The highest BCUT2D eigenvalue weighted by molar-refractivity contribution is 6.33. The zero-order valence-corrected chi connectivity index (χ0v) is 13.1. The van der Waals surface area contributed by atoms with Crippen molar-refractivity contribution in [1.82, 2.24) is 9.78 Å². The van der Waals surface area contributed by atoms with E-state index in [1.54, 1.807) is 12.1 Å². The minimum atomic E-state index is -0.538. The predicted octanol–water partition coefficient (Wildman–Crippen LogP) is 3.00. The summed E-state index contributed by atoms with van der Waals surface area (Å²) in [5, 5.41) is 7.92. The summed E-state index contributed by atoms with van der Waals surface area (Å²) in [5.41, 5.74) is 7.39. The molecule has 0 fully saturated rings. The summed E-state index contributed by atoms with van der Waals surface area (Å²) in [6.07, 6.45) is 3.82. The molecular weight excluding hydrogens is 288 g/mol. The summed E-state index contributed by atoms with van der Waals surface area (Å²) in [5.74, 6) is -0.538. The lowest BCUT2D eigenvalue weighted by atomic mass is 10.1. The lowest BCUT2D eigenvalue weighted by Crippen LogP contribution is -2.21. The number of primary amides is 1. The second-order valence-electron chi connectivity index (χ2n) is 5.88. The van der Waals surface area contributed by atoms with Crippen LogP contribution in [0.15, 0.2) is 30.6 Å². The molecule has 112 valence electrons. The third-order valence-corrected chi connectivity index (χ3v) is 3.38. The van der Waals surface area contributed by atoms with Gasteiger partial charge in [0, 0.05) is 24.0 Å². The van der Waals surface area contributed by atoms with Crippen molar-refractivity contribution in [2.24, 2.45) is 5.73 Å². The van der Waals surface area contributed by atoms with E-state index in [4.69, 9.17) is 17.3 Å². The predicted molar refractivity (Wildman–Crippen MR) is 84.5 cm³/mol. The van der Waals surface area contributed by atoms with Crippen LogP contribution in [-0.4, -0.2) is 15.7 Å². The molecule has 0 bridgehead atoms. The number of carbonyl (C=O) groups excluding carboxylic acids is 1. The minimum Gasteiger partial charge on any atom is -0.381 e. The molecule has 0 saturated carbocycles. The third kappa shape index (κ3) is 3.76. The number of nitrogens with two attached hydrogens (primary N) is 1. The Labute approximate surface area is 129 Å². The van der Waals surface area contributed by atoms with Crippen LogP contribution >= 0.6 is 11.6 Å². The summed E-state index contributed by atoms with van der Waals surface area (Å²) in [7, 11) is 0. The molecular formula is C15H19ClN4O. The summed E-state index contributed by atoms with van der Waals surface area (Å²) in [4.78, 5) is 11.3. The minimum absolute atomic E-state index is 0.0440. The molecule has 21 heavy (non-hydrogen) atoms. The molecule has 0 radical (unpaired) electrons. The molecule has 2 aromatic rings. The SMILES string of the molecule is CC(C)(C)n1cc(CNc2ccc(Cl)c(C(N)=O)c2)cn1. The van der Waals surface area contributed by atoms with E-state index in [2.05, 4.69) is 31.2 Å². The number of hydrogen-bond donors (Lipinski definition) is 2. The summed E-state index contributed by atoms with van der Waals surface area (Å²) in [6.45, 7) is 6.89. The van der Waals surface area contributed by atoms with Crippen LogP contribution in [0.2, 0.25) is 5.02 Å². The fourth-order valence-corrected chi connectivity index (χ4v) is 2.06. The summed E-state index contributed by atoms with van der Waals surface area (Å²) >= 11 is 5.92. The maximum absolute atomic E-state index is 11.3. The van der Waals surface area contributed by atoms with Gasteiger partial charge < -0.3 is 11.1 Å². The van der Waals surface area contributed by atoms with Gasteiger partial charge in [0.15, 0.2) is 0 Å². The van der Waals surface area contributed by atoms with E-state index in [1.807, 2.05) is 23.1 Å². The van der Waals surface area contributed by atoms with Crippen LogP contribution in [-0.2, 0) is 12.1 Å².